The standard InChI is InChI=1S/C22H20ClN3O/c1-15(24)17-9-6-16(7-10-17)8-11-18-4-2-3-5-20(18)22(27)26-21-13-12-19(23)14-25-21/h2-7,9-10,12-14,24H,8,11H2,1H3,(H,25,26,27). The smallest absolute Gasteiger partial charge is 0.257 e. The Hall–Kier alpha value is -2.98. The zero-order valence-electron chi connectivity index (χ0n) is 15.0. The molecule has 4 nitrogen and oxygen atoms in total. The van der Waals surface area contributed by atoms with E-state index in [-0.39, 0.29) is 5.91 Å². The van der Waals surface area contributed by atoms with E-state index in [0.29, 0.717) is 22.1 Å². The normalized spacial score (nSPS) is 10.4. The molecule has 0 atom stereocenters. The summed E-state index contributed by atoms with van der Waals surface area (Å²) < 4.78 is 0. The summed E-state index contributed by atoms with van der Waals surface area (Å²) in [5, 5.41) is 11.0. The molecule has 0 aliphatic heterocycles. The van der Waals surface area contributed by atoms with Gasteiger partial charge in [0.05, 0.1) is 5.02 Å². The third-order valence-corrected chi connectivity index (χ3v) is 4.52. The van der Waals surface area contributed by atoms with Gasteiger partial charge in [0.25, 0.3) is 5.91 Å². The highest BCUT2D eigenvalue weighted by molar-refractivity contribution is 6.30. The fourth-order valence-corrected chi connectivity index (χ4v) is 2.91. The first-order valence-electron chi connectivity index (χ1n) is 8.68. The highest BCUT2D eigenvalue weighted by Crippen LogP contribution is 2.16. The number of carbonyl (C=O) groups is 1. The lowest BCUT2D eigenvalue weighted by Gasteiger charge is -2.10. The first-order chi connectivity index (χ1) is 13.0. The molecule has 3 rings (SSSR count). The van der Waals surface area contributed by atoms with Gasteiger partial charge in [-0.3, -0.25) is 4.79 Å². The van der Waals surface area contributed by atoms with Crippen molar-refractivity contribution >= 4 is 29.0 Å². The summed E-state index contributed by atoms with van der Waals surface area (Å²) in [5.74, 6) is 0.284. The van der Waals surface area contributed by atoms with E-state index in [1.54, 1.807) is 19.1 Å². The molecule has 0 saturated heterocycles. The molecule has 5 heteroatoms. The number of amides is 1. The molecule has 136 valence electrons. The number of halogens is 1. The first-order valence-corrected chi connectivity index (χ1v) is 9.06. The minimum atomic E-state index is -0.185. The topological polar surface area (TPSA) is 65.8 Å². The number of nitrogens with zero attached hydrogens (tertiary/aromatic N) is 1. The zero-order valence-corrected chi connectivity index (χ0v) is 15.8. The number of anilines is 1. The highest BCUT2D eigenvalue weighted by Gasteiger charge is 2.12. The molecular weight excluding hydrogens is 358 g/mol. The van der Waals surface area contributed by atoms with Crippen LogP contribution in [-0.4, -0.2) is 16.6 Å². The molecule has 0 bridgehead atoms. The molecule has 0 unspecified atom stereocenters. The number of aryl methyl sites for hydroxylation is 2. The van der Waals surface area contributed by atoms with Gasteiger partial charge < -0.3 is 10.7 Å². The Labute approximate surface area is 163 Å². The molecule has 0 fully saturated rings. The second-order valence-electron chi connectivity index (χ2n) is 6.29. The van der Waals surface area contributed by atoms with Crippen LogP contribution in [0.4, 0.5) is 5.82 Å². The van der Waals surface area contributed by atoms with E-state index in [2.05, 4.69) is 10.3 Å². The maximum absolute atomic E-state index is 12.6. The van der Waals surface area contributed by atoms with Crippen LogP contribution in [0.15, 0.2) is 66.9 Å². The number of hydrogen-bond donors (Lipinski definition) is 2. The van der Waals surface area contributed by atoms with Crippen LogP contribution >= 0.6 is 11.6 Å². The highest BCUT2D eigenvalue weighted by atomic mass is 35.5. The summed E-state index contributed by atoms with van der Waals surface area (Å²) in [4.78, 5) is 16.8. The summed E-state index contributed by atoms with van der Waals surface area (Å²) in [7, 11) is 0. The van der Waals surface area contributed by atoms with Gasteiger partial charge in [0.15, 0.2) is 0 Å². The second kappa shape index (κ2) is 8.60. The van der Waals surface area contributed by atoms with Gasteiger partial charge >= 0.3 is 0 Å². The van der Waals surface area contributed by atoms with E-state index in [0.717, 1.165) is 24.0 Å². The maximum Gasteiger partial charge on any atom is 0.257 e. The number of rotatable bonds is 6. The SMILES string of the molecule is CC(=N)c1ccc(CCc2ccccc2C(=O)Nc2ccc(Cl)cn2)cc1. The molecule has 1 heterocycles. The molecule has 0 radical (unpaired) electrons. The zero-order chi connectivity index (χ0) is 19.2. The third kappa shape index (κ3) is 5.02. The molecular formula is C22H20ClN3O. The third-order valence-electron chi connectivity index (χ3n) is 4.30. The van der Waals surface area contributed by atoms with Gasteiger partial charge in [-0.05, 0) is 54.7 Å². The van der Waals surface area contributed by atoms with Crippen molar-refractivity contribution in [3.05, 3.63) is 94.1 Å². The predicted molar refractivity (Wildman–Crippen MR) is 110 cm³/mol. The Morgan fingerprint density at radius 3 is 2.44 bits per heavy atom. The van der Waals surface area contributed by atoms with Crippen LogP contribution in [0.1, 0.15) is 34.0 Å². The van der Waals surface area contributed by atoms with E-state index in [4.69, 9.17) is 17.0 Å². The number of nitrogens with one attached hydrogen (secondary N) is 2. The fraction of sp³-hybridized carbons (Fsp3) is 0.136. The van der Waals surface area contributed by atoms with Crippen molar-refractivity contribution in [2.45, 2.75) is 19.8 Å². The molecule has 2 aromatic carbocycles. The van der Waals surface area contributed by atoms with Crippen molar-refractivity contribution < 1.29 is 4.79 Å². The van der Waals surface area contributed by atoms with Gasteiger partial charge in [-0.25, -0.2) is 4.98 Å². The van der Waals surface area contributed by atoms with Crippen LogP contribution in [0.25, 0.3) is 0 Å². The lowest BCUT2D eigenvalue weighted by molar-refractivity contribution is 0.102. The molecule has 3 aromatic rings. The Balaban J connectivity index is 1.70. The quantitative estimate of drug-likeness (QED) is 0.582. The summed E-state index contributed by atoms with van der Waals surface area (Å²) in [6, 6.07) is 18.9. The van der Waals surface area contributed by atoms with Crippen LogP contribution in [0.5, 0.6) is 0 Å². The number of pyridine rings is 1. The van der Waals surface area contributed by atoms with Gasteiger partial charge in [0.2, 0.25) is 0 Å². The predicted octanol–water partition coefficient (Wildman–Crippen LogP) is 5.16. The lowest BCUT2D eigenvalue weighted by atomic mass is 9.98. The largest absolute Gasteiger partial charge is 0.307 e. The molecule has 0 aliphatic carbocycles. The summed E-state index contributed by atoms with van der Waals surface area (Å²) >= 11 is 5.83. The van der Waals surface area contributed by atoms with Crippen LogP contribution in [0, 0.1) is 5.41 Å². The van der Waals surface area contributed by atoms with E-state index >= 15 is 0 Å². The van der Waals surface area contributed by atoms with E-state index in [1.165, 1.54) is 11.8 Å². The molecule has 0 aliphatic rings. The van der Waals surface area contributed by atoms with Crippen LogP contribution in [0.2, 0.25) is 5.02 Å². The molecule has 0 spiro atoms. The van der Waals surface area contributed by atoms with Gasteiger partial charge in [-0.15, -0.1) is 0 Å². The van der Waals surface area contributed by atoms with E-state index in [1.807, 2.05) is 48.5 Å². The molecule has 1 aromatic heterocycles. The minimum Gasteiger partial charge on any atom is -0.307 e. The first kappa shape index (κ1) is 18.8. The van der Waals surface area contributed by atoms with E-state index < -0.39 is 0 Å². The minimum absolute atomic E-state index is 0.185. The van der Waals surface area contributed by atoms with Crippen LogP contribution in [-0.2, 0) is 12.8 Å². The Morgan fingerprint density at radius 2 is 1.78 bits per heavy atom. The average molecular weight is 378 g/mol. The van der Waals surface area contributed by atoms with Crippen molar-refractivity contribution in [3.63, 3.8) is 0 Å². The van der Waals surface area contributed by atoms with Crippen LogP contribution in [0.3, 0.4) is 0 Å². The number of hydrogen-bond acceptors (Lipinski definition) is 3. The molecule has 1 amide bonds. The van der Waals surface area contributed by atoms with Gasteiger partial charge in [0, 0.05) is 17.5 Å². The molecule has 0 saturated carbocycles. The van der Waals surface area contributed by atoms with Crippen molar-refractivity contribution in [2.75, 3.05) is 5.32 Å². The van der Waals surface area contributed by atoms with Crippen molar-refractivity contribution in [3.8, 4) is 0 Å². The van der Waals surface area contributed by atoms with Crippen molar-refractivity contribution in [1.82, 2.24) is 4.98 Å². The molecule has 2 N–H and O–H groups in total. The lowest BCUT2D eigenvalue weighted by Crippen LogP contribution is -2.15. The summed E-state index contributed by atoms with van der Waals surface area (Å²) in [5.41, 5.74) is 4.28. The maximum atomic E-state index is 12.6. The van der Waals surface area contributed by atoms with Gasteiger partial charge in [-0.1, -0.05) is 54.1 Å². The van der Waals surface area contributed by atoms with E-state index in [9.17, 15) is 4.79 Å². The number of benzene rings is 2. The van der Waals surface area contributed by atoms with Gasteiger partial charge in [0.1, 0.15) is 5.82 Å². The van der Waals surface area contributed by atoms with Gasteiger partial charge in [-0.2, -0.15) is 0 Å². The van der Waals surface area contributed by atoms with Crippen molar-refractivity contribution in [1.29, 1.82) is 5.41 Å². The summed E-state index contributed by atoms with van der Waals surface area (Å²) in [6.07, 6.45) is 3.07. The summed E-state index contributed by atoms with van der Waals surface area (Å²) in [6.45, 7) is 1.78. The monoisotopic (exact) mass is 377 g/mol. The number of aromatic nitrogens is 1. The van der Waals surface area contributed by atoms with Crippen molar-refractivity contribution in [2.24, 2.45) is 0 Å². The fourth-order valence-electron chi connectivity index (χ4n) is 2.79. The average Bonchev–Trinajstić information content (AvgIpc) is 2.68. The Morgan fingerprint density at radius 1 is 1.04 bits per heavy atom. The Kier molecular flexibility index (Phi) is 5.99. The number of carbonyl (C=O) groups excluding carboxylic acids is 1. The molecule has 27 heavy (non-hydrogen) atoms. The second-order valence-corrected chi connectivity index (χ2v) is 6.73. The Bertz CT molecular complexity index is 950. The van der Waals surface area contributed by atoms with Crippen LogP contribution < -0.4 is 5.32 Å².